The Balaban J connectivity index is 2.21. The highest BCUT2D eigenvalue weighted by atomic mass is 35.5. The molecular weight excluding hydrogens is 232 g/mol. The zero-order valence-corrected chi connectivity index (χ0v) is 10.7. The van der Waals surface area contributed by atoms with E-state index in [0.29, 0.717) is 10.9 Å². The molecule has 0 bridgehead atoms. The quantitative estimate of drug-likeness (QED) is 0.718. The normalized spacial score (nSPS) is 10.6. The van der Waals surface area contributed by atoms with Gasteiger partial charge < -0.3 is 4.74 Å². The fourth-order valence-corrected chi connectivity index (χ4v) is 1.78. The van der Waals surface area contributed by atoms with Gasteiger partial charge in [-0.25, -0.2) is 0 Å². The minimum absolute atomic E-state index is 0.498. The molecule has 0 atom stereocenters. The average Bonchev–Trinajstić information content (AvgIpc) is 2.29. The van der Waals surface area contributed by atoms with E-state index in [9.17, 15) is 0 Å². The molecule has 0 unspecified atom stereocenters. The first-order valence-electron chi connectivity index (χ1n) is 5.68. The van der Waals surface area contributed by atoms with E-state index < -0.39 is 0 Å². The second-order valence-electron chi connectivity index (χ2n) is 4.29. The molecule has 88 valence electrons. The largest absolute Gasteiger partial charge is 0.457 e. The van der Waals surface area contributed by atoms with Crippen molar-refractivity contribution < 1.29 is 4.74 Å². The van der Waals surface area contributed by atoms with Gasteiger partial charge in [0.2, 0.25) is 0 Å². The lowest BCUT2D eigenvalue weighted by Gasteiger charge is -2.09. The second kappa shape index (κ2) is 5.24. The van der Waals surface area contributed by atoms with Crippen LogP contribution in [0.1, 0.15) is 25.3 Å². The van der Waals surface area contributed by atoms with Gasteiger partial charge in [0.15, 0.2) is 0 Å². The molecule has 0 saturated heterocycles. The number of halogens is 1. The molecule has 0 amide bonds. The first-order valence-corrected chi connectivity index (χ1v) is 6.06. The fraction of sp³-hybridized carbons (Fsp3) is 0.200. The van der Waals surface area contributed by atoms with Gasteiger partial charge in [-0.3, -0.25) is 0 Å². The summed E-state index contributed by atoms with van der Waals surface area (Å²) in [7, 11) is 0. The first-order chi connectivity index (χ1) is 8.15. The number of benzene rings is 2. The molecule has 2 rings (SSSR count). The van der Waals surface area contributed by atoms with Crippen LogP contribution in [0.5, 0.6) is 11.5 Å². The minimum Gasteiger partial charge on any atom is -0.457 e. The summed E-state index contributed by atoms with van der Waals surface area (Å²) in [4.78, 5) is 0. The van der Waals surface area contributed by atoms with E-state index in [1.54, 1.807) is 0 Å². The van der Waals surface area contributed by atoms with Gasteiger partial charge in [0, 0.05) is 5.02 Å². The van der Waals surface area contributed by atoms with Gasteiger partial charge in [-0.1, -0.05) is 43.6 Å². The molecule has 0 heterocycles. The molecule has 0 aromatic heterocycles. The van der Waals surface area contributed by atoms with Gasteiger partial charge in [-0.05, 0) is 41.8 Å². The zero-order chi connectivity index (χ0) is 12.3. The maximum Gasteiger partial charge on any atom is 0.128 e. The number of rotatable bonds is 3. The van der Waals surface area contributed by atoms with Crippen LogP contribution in [0.25, 0.3) is 0 Å². The summed E-state index contributed by atoms with van der Waals surface area (Å²) < 4.78 is 5.77. The molecule has 2 aromatic carbocycles. The molecule has 1 nitrogen and oxygen atoms in total. The van der Waals surface area contributed by atoms with Crippen molar-refractivity contribution in [3.8, 4) is 11.5 Å². The molecular formula is C15H15ClO. The lowest BCUT2D eigenvalue weighted by atomic mass is 10.0. The number of hydrogen-bond acceptors (Lipinski definition) is 1. The Labute approximate surface area is 107 Å². The van der Waals surface area contributed by atoms with Crippen LogP contribution in [0.4, 0.5) is 0 Å². The monoisotopic (exact) mass is 246 g/mol. The maximum absolute atomic E-state index is 5.91. The molecule has 0 saturated carbocycles. The van der Waals surface area contributed by atoms with Crippen molar-refractivity contribution in [2.75, 3.05) is 0 Å². The SMILES string of the molecule is CC(C)c1cccc(Oc2cccc(Cl)c2)c1. The fourth-order valence-electron chi connectivity index (χ4n) is 1.60. The van der Waals surface area contributed by atoms with E-state index in [0.717, 1.165) is 11.5 Å². The maximum atomic E-state index is 5.91. The molecule has 2 aromatic rings. The van der Waals surface area contributed by atoms with Crippen molar-refractivity contribution in [3.05, 3.63) is 59.1 Å². The third-order valence-electron chi connectivity index (χ3n) is 2.56. The first kappa shape index (κ1) is 12.0. The van der Waals surface area contributed by atoms with Crippen LogP contribution in [-0.4, -0.2) is 0 Å². The van der Waals surface area contributed by atoms with Gasteiger partial charge >= 0.3 is 0 Å². The topological polar surface area (TPSA) is 9.23 Å². The van der Waals surface area contributed by atoms with Crippen molar-refractivity contribution in [2.45, 2.75) is 19.8 Å². The summed E-state index contributed by atoms with van der Waals surface area (Å²) in [5, 5.41) is 0.683. The van der Waals surface area contributed by atoms with Crippen LogP contribution < -0.4 is 4.74 Å². The predicted molar refractivity (Wildman–Crippen MR) is 72.1 cm³/mol. The summed E-state index contributed by atoms with van der Waals surface area (Å²) in [6, 6.07) is 15.5. The average molecular weight is 247 g/mol. The molecule has 0 N–H and O–H groups in total. The van der Waals surface area contributed by atoms with E-state index in [1.807, 2.05) is 36.4 Å². The van der Waals surface area contributed by atoms with Gasteiger partial charge in [-0.15, -0.1) is 0 Å². The minimum atomic E-state index is 0.498. The van der Waals surface area contributed by atoms with Crippen LogP contribution in [0, 0.1) is 0 Å². The predicted octanol–water partition coefficient (Wildman–Crippen LogP) is 5.26. The van der Waals surface area contributed by atoms with Crippen molar-refractivity contribution in [1.82, 2.24) is 0 Å². The number of ether oxygens (including phenoxy) is 1. The van der Waals surface area contributed by atoms with E-state index in [1.165, 1.54) is 5.56 Å². The van der Waals surface area contributed by atoms with E-state index >= 15 is 0 Å². The Kier molecular flexibility index (Phi) is 3.70. The smallest absolute Gasteiger partial charge is 0.128 e. The highest BCUT2D eigenvalue weighted by Gasteiger charge is 2.02. The standard InChI is InChI=1S/C15H15ClO/c1-11(2)12-5-3-7-14(9-12)17-15-8-4-6-13(16)10-15/h3-11H,1-2H3. The number of hydrogen-bond donors (Lipinski definition) is 0. The van der Waals surface area contributed by atoms with Gasteiger partial charge in [0.25, 0.3) is 0 Å². The molecule has 2 heteroatoms. The van der Waals surface area contributed by atoms with E-state index in [2.05, 4.69) is 26.0 Å². The van der Waals surface area contributed by atoms with Gasteiger partial charge in [-0.2, -0.15) is 0 Å². The second-order valence-corrected chi connectivity index (χ2v) is 4.72. The summed E-state index contributed by atoms with van der Waals surface area (Å²) in [6.07, 6.45) is 0. The Morgan fingerprint density at radius 2 is 1.59 bits per heavy atom. The summed E-state index contributed by atoms with van der Waals surface area (Å²) >= 11 is 5.91. The van der Waals surface area contributed by atoms with Crippen LogP contribution in [0.3, 0.4) is 0 Å². The Morgan fingerprint density at radius 1 is 0.941 bits per heavy atom. The van der Waals surface area contributed by atoms with Gasteiger partial charge in [0.1, 0.15) is 11.5 Å². The van der Waals surface area contributed by atoms with E-state index in [4.69, 9.17) is 16.3 Å². The Morgan fingerprint density at radius 3 is 2.24 bits per heavy atom. The van der Waals surface area contributed by atoms with Crippen molar-refractivity contribution >= 4 is 11.6 Å². The Bertz CT molecular complexity index is 506. The molecule has 0 radical (unpaired) electrons. The third-order valence-corrected chi connectivity index (χ3v) is 2.79. The molecule has 0 aliphatic heterocycles. The highest BCUT2D eigenvalue weighted by Crippen LogP contribution is 2.26. The zero-order valence-electron chi connectivity index (χ0n) is 9.98. The van der Waals surface area contributed by atoms with Crippen molar-refractivity contribution in [1.29, 1.82) is 0 Å². The van der Waals surface area contributed by atoms with Crippen LogP contribution >= 0.6 is 11.6 Å². The molecule has 17 heavy (non-hydrogen) atoms. The summed E-state index contributed by atoms with van der Waals surface area (Å²) in [5.41, 5.74) is 1.27. The van der Waals surface area contributed by atoms with Crippen LogP contribution in [-0.2, 0) is 0 Å². The lowest BCUT2D eigenvalue weighted by Crippen LogP contribution is -1.89. The molecule has 0 aliphatic rings. The molecule has 0 fully saturated rings. The summed E-state index contributed by atoms with van der Waals surface area (Å²) in [6.45, 7) is 4.33. The van der Waals surface area contributed by atoms with E-state index in [-0.39, 0.29) is 0 Å². The van der Waals surface area contributed by atoms with Crippen LogP contribution in [0.2, 0.25) is 5.02 Å². The Hall–Kier alpha value is -1.47. The lowest BCUT2D eigenvalue weighted by molar-refractivity contribution is 0.481. The molecule has 0 spiro atoms. The van der Waals surface area contributed by atoms with Gasteiger partial charge in [0.05, 0.1) is 0 Å². The third kappa shape index (κ3) is 3.24. The van der Waals surface area contributed by atoms with Crippen molar-refractivity contribution in [2.24, 2.45) is 0 Å². The highest BCUT2D eigenvalue weighted by molar-refractivity contribution is 6.30. The van der Waals surface area contributed by atoms with Crippen molar-refractivity contribution in [3.63, 3.8) is 0 Å². The van der Waals surface area contributed by atoms with Crippen LogP contribution in [0.15, 0.2) is 48.5 Å². The molecule has 0 aliphatic carbocycles. The summed E-state index contributed by atoms with van der Waals surface area (Å²) in [5.74, 6) is 2.11.